The molecule has 1 aromatic heterocycles. The van der Waals surface area contributed by atoms with E-state index in [4.69, 9.17) is 9.47 Å². The number of benzene rings is 1. The average molecular weight is 269 g/mol. The van der Waals surface area contributed by atoms with Crippen molar-refractivity contribution in [2.24, 2.45) is 7.05 Å². The lowest BCUT2D eigenvalue weighted by molar-refractivity contribution is -0.159. The van der Waals surface area contributed by atoms with Gasteiger partial charge in [-0.05, 0) is 18.1 Å². The third kappa shape index (κ3) is 1.81. The third-order valence-corrected chi connectivity index (χ3v) is 4.49. The zero-order valence-electron chi connectivity index (χ0n) is 11.8. The molecule has 20 heavy (non-hydrogen) atoms. The molecular weight excluding hydrogens is 250 g/mol. The molecule has 2 aromatic rings. The van der Waals surface area contributed by atoms with Gasteiger partial charge in [0.15, 0.2) is 5.79 Å². The highest BCUT2D eigenvalue weighted by atomic mass is 16.7. The molecule has 0 unspecified atom stereocenters. The molecule has 0 radical (unpaired) electrons. The van der Waals surface area contributed by atoms with Gasteiger partial charge in [-0.2, -0.15) is 0 Å². The molecule has 2 aliphatic rings. The van der Waals surface area contributed by atoms with E-state index in [9.17, 15) is 0 Å². The van der Waals surface area contributed by atoms with Crippen molar-refractivity contribution in [3.05, 3.63) is 42.1 Å². The van der Waals surface area contributed by atoms with E-state index in [0.29, 0.717) is 0 Å². The van der Waals surface area contributed by atoms with Crippen molar-refractivity contribution in [2.45, 2.75) is 25.0 Å². The molecule has 4 rings (SSSR count). The van der Waals surface area contributed by atoms with Gasteiger partial charge in [0.25, 0.3) is 0 Å². The van der Waals surface area contributed by atoms with E-state index in [-0.39, 0.29) is 5.79 Å². The Balaban J connectivity index is 1.72. The van der Waals surface area contributed by atoms with Crippen LogP contribution in [0, 0.1) is 0 Å². The van der Waals surface area contributed by atoms with Crippen molar-refractivity contribution in [3.63, 3.8) is 0 Å². The molecule has 1 aromatic carbocycles. The molecule has 0 bridgehead atoms. The van der Waals surface area contributed by atoms with Gasteiger partial charge in [0.05, 0.1) is 13.2 Å². The fourth-order valence-electron chi connectivity index (χ4n) is 3.41. The van der Waals surface area contributed by atoms with Gasteiger partial charge >= 0.3 is 0 Å². The van der Waals surface area contributed by atoms with Crippen LogP contribution in [-0.2, 0) is 16.5 Å². The van der Waals surface area contributed by atoms with Crippen LogP contribution in [0.15, 0.2) is 36.5 Å². The van der Waals surface area contributed by atoms with Crippen LogP contribution < -0.4 is 0 Å². The molecule has 1 aliphatic heterocycles. The zero-order valence-corrected chi connectivity index (χ0v) is 11.8. The molecule has 104 valence electrons. The summed E-state index contributed by atoms with van der Waals surface area (Å²) in [4.78, 5) is 0. The fourth-order valence-corrected chi connectivity index (χ4v) is 3.41. The number of fused-ring (bicyclic) bond motifs is 1. The molecule has 3 nitrogen and oxygen atoms in total. The van der Waals surface area contributed by atoms with E-state index in [0.717, 1.165) is 32.5 Å². The first-order chi connectivity index (χ1) is 9.77. The Morgan fingerprint density at radius 2 is 1.95 bits per heavy atom. The quantitative estimate of drug-likeness (QED) is 0.791. The molecule has 1 spiro atoms. The summed E-state index contributed by atoms with van der Waals surface area (Å²) in [7, 11) is 2.11. The maximum absolute atomic E-state index is 5.79. The lowest BCUT2D eigenvalue weighted by Gasteiger charge is -2.30. The summed E-state index contributed by atoms with van der Waals surface area (Å²) in [5, 5.41) is 1.34. The Hall–Kier alpha value is -1.58. The van der Waals surface area contributed by atoms with Crippen molar-refractivity contribution < 1.29 is 9.47 Å². The highest BCUT2D eigenvalue weighted by molar-refractivity contribution is 5.93. The van der Waals surface area contributed by atoms with Gasteiger partial charge in [0.1, 0.15) is 0 Å². The first-order valence-electron chi connectivity index (χ1n) is 7.29. The largest absolute Gasteiger partial charge is 0.350 e. The summed E-state index contributed by atoms with van der Waals surface area (Å²) in [5.41, 5.74) is 4.07. The van der Waals surface area contributed by atoms with E-state index >= 15 is 0 Å². The lowest BCUT2D eigenvalue weighted by Crippen LogP contribution is -2.31. The van der Waals surface area contributed by atoms with Gasteiger partial charge < -0.3 is 14.0 Å². The van der Waals surface area contributed by atoms with Gasteiger partial charge in [-0.15, -0.1) is 0 Å². The van der Waals surface area contributed by atoms with Crippen LogP contribution in [0.5, 0.6) is 0 Å². The van der Waals surface area contributed by atoms with E-state index < -0.39 is 0 Å². The van der Waals surface area contributed by atoms with E-state index in [1.165, 1.54) is 22.0 Å². The number of nitrogens with zero attached hydrogens (tertiary/aromatic N) is 1. The van der Waals surface area contributed by atoms with E-state index in [2.05, 4.69) is 48.2 Å². The Morgan fingerprint density at radius 3 is 2.70 bits per heavy atom. The minimum atomic E-state index is -0.325. The average Bonchev–Trinajstić information content (AvgIpc) is 3.07. The molecule has 2 heterocycles. The van der Waals surface area contributed by atoms with Crippen LogP contribution in [0.1, 0.15) is 24.8 Å². The van der Waals surface area contributed by atoms with Gasteiger partial charge in [-0.1, -0.05) is 24.3 Å². The number of hydrogen-bond donors (Lipinski definition) is 0. The van der Waals surface area contributed by atoms with Crippen LogP contribution in [0.2, 0.25) is 0 Å². The van der Waals surface area contributed by atoms with Crippen LogP contribution >= 0.6 is 0 Å². The van der Waals surface area contributed by atoms with E-state index in [1.807, 2.05) is 0 Å². The van der Waals surface area contributed by atoms with Crippen molar-refractivity contribution in [3.8, 4) is 0 Å². The van der Waals surface area contributed by atoms with Crippen LogP contribution in [0.3, 0.4) is 0 Å². The Labute approximate surface area is 118 Å². The summed E-state index contributed by atoms with van der Waals surface area (Å²) >= 11 is 0. The lowest BCUT2D eigenvalue weighted by atomic mass is 9.90. The molecule has 0 amide bonds. The van der Waals surface area contributed by atoms with Gasteiger partial charge in [-0.25, -0.2) is 0 Å². The Bertz CT molecular complexity index is 677. The van der Waals surface area contributed by atoms with Gasteiger partial charge in [-0.3, -0.25) is 0 Å². The van der Waals surface area contributed by atoms with Crippen molar-refractivity contribution in [1.29, 1.82) is 0 Å². The molecule has 1 saturated heterocycles. The van der Waals surface area contributed by atoms with Crippen molar-refractivity contribution >= 4 is 16.5 Å². The highest BCUT2D eigenvalue weighted by Gasteiger charge is 2.37. The van der Waals surface area contributed by atoms with E-state index in [1.54, 1.807) is 0 Å². The topological polar surface area (TPSA) is 23.4 Å². The van der Waals surface area contributed by atoms with Crippen LogP contribution in [-0.4, -0.2) is 23.6 Å². The number of para-hydroxylation sites is 1. The molecule has 0 saturated carbocycles. The maximum Gasteiger partial charge on any atom is 0.172 e. The Kier molecular flexibility index (Phi) is 2.72. The number of hydrogen-bond acceptors (Lipinski definition) is 2. The van der Waals surface area contributed by atoms with Crippen LogP contribution in [0.4, 0.5) is 0 Å². The zero-order chi connectivity index (χ0) is 13.6. The first-order valence-corrected chi connectivity index (χ1v) is 7.29. The standard InChI is InChI=1S/C17H19NO2/c1-18-12-15(14-4-2-3-5-16(14)18)13-6-8-17(9-7-13)19-10-11-20-17/h2-6,12H,7-11H2,1H3. The number of aryl methyl sites for hydroxylation is 1. The summed E-state index contributed by atoms with van der Waals surface area (Å²) in [5.74, 6) is -0.325. The predicted octanol–water partition coefficient (Wildman–Crippen LogP) is 3.49. The van der Waals surface area contributed by atoms with Crippen molar-refractivity contribution in [2.75, 3.05) is 13.2 Å². The molecule has 0 N–H and O–H groups in total. The van der Waals surface area contributed by atoms with Crippen LogP contribution in [0.25, 0.3) is 16.5 Å². The molecule has 1 aliphatic carbocycles. The summed E-state index contributed by atoms with van der Waals surface area (Å²) in [6.07, 6.45) is 7.39. The van der Waals surface area contributed by atoms with Gasteiger partial charge in [0.2, 0.25) is 0 Å². The second-order valence-corrected chi connectivity index (χ2v) is 5.71. The number of ether oxygens (including phenoxy) is 2. The summed E-state index contributed by atoms with van der Waals surface area (Å²) in [6, 6.07) is 8.59. The highest BCUT2D eigenvalue weighted by Crippen LogP contribution is 2.40. The minimum Gasteiger partial charge on any atom is -0.350 e. The molecule has 1 fully saturated rings. The minimum absolute atomic E-state index is 0.325. The van der Waals surface area contributed by atoms with Gasteiger partial charge in [0, 0.05) is 42.6 Å². The third-order valence-electron chi connectivity index (χ3n) is 4.49. The molecular formula is C17H19NO2. The predicted molar refractivity (Wildman–Crippen MR) is 79.4 cm³/mol. The fraction of sp³-hybridized carbons (Fsp3) is 0.412. The molecule has 3 heteroatoms. The molecule has 0 atom stereocenters. The van der Waals surface area contributed by atoms with Crippen molar-refractivity contribution in [1.82, 2.24) is 4.57 Å². The second kappa shape index (κ2) is 4.47. The first kappa shape index (κ1) is 12.2. The number of rotatable bonds is 1. The number of allylic oxidation sites excluding steroid dienone is 1. The monoisotopic (exact) mass is 269 g/mol. The Morgan fingerprint density at radius 1 is 1.15 bits per heavy atom. The maximum atomic E-state index is 5.79. The summed E-state index contributed by atoms with van der Waals surface area (Å²) in [6.45, 7) is 1.47. The second-order valence-electron chi connectivity index (χ2n) is 5.71. The SMILES string of the molecule is Cn1cc(C2=CCC3(CC2)OCCO3)c2ccccc21. The normalized spacial score (nSPS) is 21.6. The summed E-state index contributed by atoms with van der Waals surface area (Å²) < 4.78 is 13.8. The smallest absolute Gasteiger partial charge is 0.172 e. The number of aromatic nitrogens is 1.